The van der Waals surface area contributed by atoms with E-state index < -0.39 is 0 Å². The highest BCUT2D eigenvalue weighted by atomic mass is 16.5. The van der Waals surface area contributed by atoms with Crippen molar-refractivity contribution in [2.45, 2.75) is 32.3 Å². The second-order valence-electron chi connectivity index (χ2n) is 5.53. The maximum absolute atomic E-state index is 6.19. The third-order valence-electron chi connectivity index (χ3n) is 3.80. The number of anilines is 1. The Balaban J connectivity index is 1.94. The molecule has 0 unspecified atom stereocenters. The summed E-state index contributed by atoms with van der Waals surface area (Å²) in [6.07, 6.45) is 2.91. The van der Waals surface area contributed by atoms with Crippen LogP contribution in [0.25, 0.3) is 10.9 Å². The first-order chi connectivity index (χ1) is 11.3. The van der Waals surface area contributed by atoms with Crippen molar-refractivity contribution in [3.05, 3.63) is 18.2 Å². The average Bonchev–Trinajstić information content (AvgIpc) is 2.60. The molecule has 2 heterocycles. The summed E-state index contributed by atoms with van der Waals surface area (Å²) in [6, 6.07) is 6.27. The maximum atomic E-state index is 6.19. The quantitative estimate of drug-likeness (QED) is 0.883. The van der Waals surface area contributed by atoms with Crippen LogP contribution < -0.4 is 14.8 Å². The van der Waals surface area contributed by atoms with Gasteiger partial charge in [0.05, 0.1) is 30.7 Å². The van der Waals surface area contributed by atoms with Gasteiger partial charge in [0.2, 0.25) is 0 Å². The van der Waals surface area contributed by atoms with Crippen molar-refractivity contribution in [1.82, 2.24) is 9.97 Å². The molecule has 1 aromatic heterocycles. The number of nitrogens with zero attached hydrogens (tertiary/aromatic N) is 2. The first kappa shape index (κ1) is 15.8. The molecule has 3 rings (SSSR count). The standard InChI is InChI=1S/C17H23N3O3/c1-3-9-22-17-19-13-5-4-6-14(15(13)16(18-2)20-17)23-12-7-10-21-11-8-12/h4-6,12H,3,7-11H2,1-2H3,(H,18,19,20). The van der Waals surface area contributed by atoms with Crippen LogP contribution in [0.15, 0.2) is 18.2 Å². The molecule has 0 saturated carbocycles. The van der Waals surface area contributed by atoms with Crippen LogP contribution in [0.3, 0.4) is 0 Å². The van der Waals surface area contributed by atoms with Gasteiger partial charge in [0.25, 0.3) is 0 Å². The summed E-state index contributed by atoms with van der Waals surface area (Å²) in [6.45, 7) is 4.16. The largest absolute Gasteiger partial charge is 0.489 e. The van der Waals surface area contributed by atoms with Gasteiger partial charge in [-0.2, -0.15) is 9.97 Å². The lowest BCUT2D eigenvalue weighted by Crippen LogP contribution is -2.26. The van der Waals surface area contributed by atoms with Gasteiger partial charge in [-0.25, -0.2) is 0 Å². The Morgan fingerprint density at radius 3 is 2.83 bits per heavy atom. The van der Waals surface area contributed by atoms with Crippen LogP contribution in [0.1, 0.15) is 26.2 Å². The van der Waals surface area contributed by atoms with E-state index in [0.29, 0.717) is 12.6 Å². The van der Waals surface area contributed by atoms with Crippen molar-refractivity contribution >= 4 is 16.7 Å². The van der Waals surface area contributed by atoms with Crippen molar-refractivity contribution in [3.8, 4) is 11.8 Å². The predicted molar refractivity (Wildman–Crippen MR) is 89.3 cm³/mol. The second-order valence-corrected chi connectivity index (χ2v) is 5.53. The molecular weight excluding hydrogens is 294 g/mol. The molecule has 23 heavy (non-hydrogen) atoms. The number of hydrogen-bond donors (Lipinski definition) is 1. The van der Waals surface area contributed by atoms with Gasteiger partial charge in [-0.1, -0.05) is 13.0 Å². The summed E-state index contributed by atoms with van der Waals surface area (Å²) in [5, 5.41) is 4.02. The van der Waals surface area contributed by atoms with Crippen LogP contribution >= 0.6 is 0 Å². The van der Waals surface area contributed by atoms with E-state index in [9.17, 15) is 0 Å². The molecule has 0 bridgehead atoms. The first-order valence-electron chi connectivity index (χ1n) is 8.17. The number of rotatable bonds is 6. The molecule has 1 saturated heterocycles. The van der Waals surface area contributed by atoms with Crippen LogP contribution in [0, 0.1) is 0 Å². The van der Waals surface area contributed by atoms with E-state index in [4.69, 9.17) is 14.2 Å². The van der Waals surface area contributed by atoms with E-state index in [1.165, 1.54) is 0 Å². The second kappa shape index (κ2) is 7.46. The van der Waals surface area contributed by atoms with E-state index in [2.05, 4.69) is 22.2 Å². The Morgan fingerprint density at radius 1 is 1.26 bits per heavy atom. The Labute approximate surface area is 136 Å². The highest BCUT2D eigenvalue weighted by Gasteiger charge is 2.19. The fraction of sp³-hybridized carbons (Fsp3) is 0.529. The Kier molecular flexibility index (Phi) is 5.12. The van der Waals surface area contributed by atoms with Gasteiger partial charge in [-0.3, -0.25) is 0 Å². The molecule has 0 spiro atoms. The summed E-state index contributed by atoms with van der Waals surface area (Å²) in [5.41, 5.74) is 0.819. The smallest absolute Gasteiger partial charge is 0.318 e. The molecule has 1 N–H and O–H groups in total. The lowest BCUT2D eigenvalue weighted by atomic mass is 10.1. The minimum absolute atomic E-state index is 0.176. The topological polar surface area (TPSA) is 65.5 Å². The summed E-state index contributed by atoms with van der Waals surface area (Å²) in [5.74, 6) is 1.53. The monoisotopic (exact) mass is 317 g/mol. The van der Waals surface area contributed by atoms with Crippen molar-refractivity contribution < 1.29 is 14.2 Å². The molecule has 0 amide bonds. The first-order valence-corrected chi connectivity index (χ1v) is 8.17. The lowest BCUT2D eigenvalue weighted by molar-refractivity contribution is 0.0262. The van der Waals surface area contributed by atoms with Gasteiger partial charge >= 0.3 is 6.01 Å². The highest BCUT2D eigenvalue weighted by molar-refractivity contribution is 5.94. The molecule has 2 aromatic rings. The maximum Gasteiger partial charge on any atom is 0.318 e. The molecule has 0 atom stereocenters. The molecule has 0 radical (unpaired) electrons. The number of fused-ring (bicyclic) bond motifs is 1. The van der Waals surface area contributed by atoms with Crippen LogP contribution in [0.5, 0.6) is 11.8 Å². The molecule has 0 aliphatic carbocycles. The minimum Gasteiger partial charge on any atom is -0.489 e. The number of nitrogens with one attached hydrogen (secondary N) is 1. The predicted octanol–water partition coefficient (Wildman–Crippen LogP) is 3.02. The molecule has 1 aromatic carbocycles. The summed E-state index contributed by atoms with van der Waals surface area (Å²) in [4.78, 5) is 8.96. The SMILES string of the molecule is CCCOc1nc(NC)c2c(OC3CCOCC3)cccc2n1. The van der Waals surface area contributed by atoms with Crippen molar-refractivity contribution in [2.24, 2.45) is 0 Å². The molecule has 6 heteroatoms. The van der Waals surface area contributed by atoms with E-state index in [1.54, 1.807) is 0 Å². The Hall–Kier alpha value is -2.08. The van der Waals surface area contributed by atoms with Gasteiger partial charge in [0.1, 0.15) is 17.7 Å². The molecular formula is C17H23N3O3. The van der Waals surface area contributed by atoms with Crippen molar-refractivity contribution in [3.63, 3.8) is 0 Å². The normalized spacial score (nSPS) is 15.6. The van der Waals surface area contributed by atoms with E-state index in [0.717, 1.165) is 54.9 Å². The third kappa shape index (κ3) is 3.64. The molecule has 1 aliphatic rings. The Bertz CT molecular complexity index is 657. The van der Waals surface area contributed by atoms with Gasteiger partial charge in [-0.05, 0) is 18.6 Å². The molecule has 124 valence electrons. The zero-order chi connectivity index (χ0) is 16.1. The highest BCUT2D eigenvalue weighted by Crippen LogP contribution is 2.33. The van der Waals surface area contributed by atoms with Crippen molar-refractivity contribution in [2.75, 3.05) is 32.2 Å². The Morgan fingerprint density at radius 2 is 2.09 bits per heavy atom. The van der Waals surface area contributed by atoms with Gasteiger partial charge in [-0.15, -0.1) is 0 Å². The summed E-state index contributed by atoms with van der Waals surface area (Å²) >= 11 is 0. The van der Waals surface area contributed by atoms with Crippen LogP contribution in [-0.4, -0.2) is 42.9 Å². The van der Waals surface area contributed by atoms with Gasteiger partial charge in [0, 0.05) is 19.9 Å². The van der Waals surface area contributed by atoms with E-state index in [-0.39, 0.29) is 6.10 Å². The summed E-state index contributed by atoms with van der Waals surface area (Å²) < 4.78 is 17.2. The minimum atomic E-state index is 0.176. The molecule has 1 aliphatic heterocycles. The number of benzene rings is 1. The van der Waals surface area contributed by atoms with E-state index in [1.807, 2.05) is 25.2 Å². The third-order valence-corrected chi connectivity index (χ3v) is 3.80. The average molecular weight is 317 g/mol. The fourth-order valence-corrected chi connectivity index (χ4v) is 2.64. The number of ether oxygens (including phenoxy) is 3. The number of hydrogen-bond acceptors (Lipinski definition) is 6. The van der Waals surface area contributed by atoms with Crippen LogP contribution in [0.4, 0.5) is 5.82 Å². The van der Waals surface area contributed by atoms with E-state index >= 15 is 0 Å². The van der Waals surface area contributed by atoms with Crippen LogP contribution in [0.2, 0.25) is 0 Å². The van der Waals surface area contributed by atoms with Gasteiger partial charge in [0.15, 0.2) is 0 Å². The van der Waals surface area contributed by atoms with Crippen LogP contribution in [-0.2, 0) is 4.74 Å². The molecule has 1 fully saturated rings. The summed E-state index contributed by atoms with van der Waals surface area (Å²) in [7, 11) is 1.84. The lowest BCUT2D eigenvalue weighted by Gasteiger charge is -2.24. The van der Waals surface area contributed by atoms with Gasteiger partial charge < -0.3 is 19.5 Å². The zero-order valence-corrected chi connectivity index (χ0v) is 13.7. The molecule has 6 nitrogen and oxygen atoms in total. The fourth-order valence-electron chi connectivity index (χ4n) is 2.64. The number of aromatic nitrogens is 2. The zero-order valence-electron chi connectivity index (χ0n) is 13.7. The van der Waals surface area contributed by atoms with Crippen molar-refractivity contribution in [1.29, 1.82) is 0 Å².